The van der Waals surface area contributed by atoms with Crippen LogP contribution >= 0.6 is 11.6 Å². The number of ether oxygens (including phenoxy) is 1. The Morgan fingerprint density at radius 1 is 0.533 bits per heavy atom. The lowest BCUT2D eigenvalue weighted by Gasteiger charge is -2.16. The summed E-state index contributed by atoms with van der Waals surface area (Å²) in [5.41, 5.74) is 20.7. The molecule has 0 unspecified atom stereocenters. The number of hydrogen-bond acceptors (Lipinski definition) is 20. The number of likely N-dealkylation sites (tertiary alicyclic amines) is 3. The molecule has 1 aromatic carbocycles. The van der Waals surface area contributed by atoms with Crippen molar-refractivity contribution < 1.29 is 19.1 Å². The van der Waals surface area contributed by atoms with E-state index in [2.05, 4.69) is 89.5 Å². The van der Waals surface area contributed by atoms with Crippen molar-refractivity contribution in [1.29, 1.82) is 15.8 Å². The minimum Gasteiger partial charge on any atom is -0.491 e. The van der Waals surface area contributed by atoms with Crippen molar-refractivity contribution in [2.75, 3.05) is 64.2 Å². The monoisotopic (exact) mass is 1440 g/mol. The molecule has 4 N–H and O–H groups in total. The highest BCUT2D eigenvalue weighted by Crippen LogP contribution is 2.28. The summed E-state index contributed by atoms with van der Waals surface area (Å²) < 4.78 is 14.4. The van der Waals surface area contributed by atoms with Crippen LogP contribution in [0.4, 0.5) is 10.5 Å². The first-order chi connectivity index (χ1) is 50.2. The number of pyridine rings is 5. The zero-order valence-corrected chi connectivity index (χ0v) is 62.9. The van der Waals surface area contributed by atoms with Crippen molar-refractivity contribution in [3.63, 3.8) is 0 Å². The van der Waals surface area contributed by atoms with Gasteiger partial charge in [-0.3, -0.25) is 38.3 Å². The van der Waals surface area contributed by atoms with Gasteiger partial charge in [0.1, 0.15) is 29.1 Å². The molecule has 0 saturated carbocycles. The number of benzene rings is 1. The van der Waals surface area contributed by atoms with E-state index in [0.717, 1.165) is 154 Å². The van der Waals surface area contributed by atoms with E-state index >= 15 is 0 Å². The summed E-state index contributed by atoms with van der Waals surface area (Å²) in [5.74, 6) is -0.207. The number of primary amides is 1. The Morgan fingerprint density at radius 3 is 1.32 bits per heavy atom. The predicted molar refractivity (Wildman–Crippen MR) is 406 cm³/mol. The zero-order valence-electron chi connectivity index (χ0n) is 62.2. The number of imide groups is 1. The molecule has 3 saturated heterocycles. The predicted octanol–water partition coefficient (Wildman–Crippen LogP) is 10.4. The second-order valence-electron chi connectivity index (χ2n) is 27.0. The molecule has 546 valence electrons. The maximum Gasteiger partial charge on any atom is 0.326 e. The Morgan fingerprint density at radius 2 is 0.905 bits per heavy atom. The van der Waals surface area contributed by atoms with Crippen LogP contribution in [0.5, 0.6) is 5.75 Å². The average Bonchev–Trinajstić information content (AvgIpc) is 1.71. The number of rotatable bonds is 15. The molecule has 105 heavy (non-hydrogen) atoms. The summed E-state index contributed by atoms with van der Waals surface area (Å²) >= 11 is 5.81. The van der Waals surface area contributed by atoms with Gasteiger partial charge >= 0.3 is 6.03 Å². The number of urea groups is 1. The number of hydrogen-bond donors (Lipinski definition) is 3. The lowest BCUT2D eigenvalue weighted by Crippen LogP contribution is -2.35. The van der Waals surface area contributed by atoms with Gasteiger partial charge < -0.3 is 30.5 Å². The Bertz CT molecular complexity index is 5210. The van der Waals surface area contributed by atoms with Crippen molar-refractivity contribution >= 4 is 96.4 Å². The van der Waals surface area contributed by atoms with Gasteiger partial charge in [-0.2, -0.15) is 41.3 Å². The number of nitrogens with zero attached hydrogens (tertiary/aromatic N) is 21. The van der Waals surface area contributed by atoms with E-state index < -0.39 is 17.8 Å². The van der Waals surface area contributed by atoms with Gasteiger partial charge in [0, 0.05) is 113 Å². The maximum absolute atomic E-state index is 13.2. The summed E-state index contributed by atoms with van der Waals surface area (Å²) in [5, 5.41) is 58.6. The molecule has 0 aliphatic carbocycles. The van der Waals surface area contributed by atoms with E-state index in [4.69, 9.17) is 37.6 Å². The normalized spacial score (nSPS) is 13.7. The number of nitriles is 3. The van der Waals surface area contributed by atoms with Crippen LogP contribution in [0.1, 0.15) is 147 Å². The van der Waals surface area contributed by atoms with Crippen LogP contribution in [-0.2, 0) is 54.5 Å². The van der Waals surface area contributed by atoms with Crippen molar-refractivity contribution in [2.45, 2.75) is 119 Å². The Hall–Kier alpha value is -11.1. The van der Waals surface area contributed by atoms with Crippen molar-refractivity contribution in [2.24, 2.45) is 41.0 Å². The van der Waals surface area contributed by atoms with Gasteiger partial charge in [0.15, 0.2) is 28.2 Å². The molecular weight excluding hydrogens is 1350 g/mol. The first-order valence-electron chi connectivity index (χ1n) is 35.3. The van der Waals surface area contributed by atoms with Crippen LogP contribution < -0.4 is 21.1 Å². The summed E-state index contributed by atoms with van der Waals surface area (Å²) in [4.78, 5) is 67.4. The molecule has 10 aromatic heterocycles. The average molecular weight is 1440 g/mol. The van der Waals surface area contributed by atoms with Crippen molar-refractivity contribution in [3.05, 3.63) is 145 Å². The second-order valence-corrected chi connectivity index (χ2v) is 27.3. The molecule has 14 rings (SSSR count). The van der Waals surface area contributed by atoms with E-state index in [9.17, 15) is 19.6 Å². The van der Waals surface area contributed by atoms with E-state index in [-0.39, 0.29) is 11.3 Å². The minimum atomic E-state index is -0.608. The summed E-state index contributed by atoms with van der Waals surface area (Å²) in [6.07, 6.45) is 11.3. The SMILES string of the molecule is C=Cc1nc2c(cc1C#N)c(C)nn2C.Cc1ccc(NC(=O)NC(=O)c2cc3c(C)nn(C)c3nc2CCN2CCCC2)cc1OC(C)C.Cc1nn(C)c2nc(CCN3CCCC3)c(C#N)cc12.Cc1nn(C)c2nc(CCN3CCCC3)c(C(N)=O)cc12.Cc1nn(C)c2nc(Cl)c(C#N)cc12. The van der Waals surface area contributed by atoms with Gasteiger partial charge in [-0.1, -0.05) is 24.2 Å². The number of carbonyl (C=O) groups is 3. The maximum atomic E-state index is 13.2. The molecule has 3 fully saturated rings. The molecule has 0 radical (unpaired) electrons. The molecule has 0 spiro atoms. The van der Waals surface area contributed by atoms with E-state index in [0.29, 0.717) is 62.7 Å². The number of aryl methyl sites for hydroxylation is 11. The van der Waals surface area contributed by atoms with Crippen molar-refractivity contribution in [3.8, 4) is 24.0 Å². The Balaban J connectivity index is 0.000000147. The number of carbonyl (C=O) groups excluding carboxylic acids is 3. The number of anilines is 1. The van der Waals surface area contributed by atoms with Crippen LogP contribution in [0.15, 0.2) is 55.1 Å². The molecule has 3 aliphatic rings. The number of halogens is 1. The number of aromatic nitrogens is 15. The standard InChI is InChI=1S/C26H34N6O3.C15H21N5O.C15H19N5.C11H10N4.C9H7ClN4/c1-16(2)35-23-14-19(9-8-17(23)3)27-26(34)29-25(33)21-15-20-18(4)30-31(5)24(20)28-22(21)10-13-32-11-6-7-12-32;1-10-11-9-12(14(16)21)13(17-15(11)19(2)18-10)5-8-20-6-3-4-7-20;1-11-13-9-12(10-16)14(17-15(13)19(2)18-11)5-8-20-6-3-4-7-20;1-4-10-8(6-12)5-9-7(2)14-15(3)11(9)13-10;1-5-7-3-6(4-11)8(10)12-9(7)14(2)13-5/h8-9,14-16H,6-7,10-13H2,1-5H3,(H2,27,29,33,34);9H,3-8H2,1-2H3,(H2,16,21);9H,3-8H2,1-2H3;4-5H,1H2,2-3H3;3H,1-2H3. The van der Waals surface area contributed by atoms with Gasteiger partial charge in [0.25, 0.3) is 11.8 Å². The van der Waals surface area contributed by atoms with Gasteiger partial charge in [0.2, 0.25) is 0 Å². The zero-order chi connectivity index (χ0) is 75.5. The minimum absolute atomic E-state index is 0.0108. The fourth-order valence-electron chi connectivity index (χ4n) is 13.4. The molecular formula is C76H91ClN24O4. The topological polar surface area (TPSA) is 345 Å². The van der Waals surface area contributed by atoms with Crippen LogP contribution in [0.25, 0.3) is 61.2 Å². The van der Waals surface area contributed by atoms with Crippen LogP contribution in [0, 0.1) is 75.5 Å². The summed E-state index contributed by atoms with van der Waals surface area (Å²) in [6, 6.07) is 20.3. The number of nitrogens with two attached hydrogens (primary N) is 1. The highest BCUT2D eigenvalue weighted by atomic mass is 35.5. The van der Waals surface area contributed by atoms with Crippen LogP contribution in [0.2, 0.25) is 5.15 Å². The van der Waals surface area contributed by atoms with E-state index in [1.807, 2.05) is 114 Å². The lowest BCUT2D eigenvalue weighted by atomic mass is 10.1. The van der Waals surface area contributed by atoms with Gasteiger partial charge in [-0.25, -0.2) is 29.7 Å². The highest BCUT2D eigenvalue weighted by molar-refractivity contribution is 6.31. The van der Waals surface area contributed by atoms with Crippen LogP contribution in [-0.4, -0.2) is 171 Å². The molecule has 0 bridgehead atoms. The second kappa shape index (κ2) is 34.0. The molecule has 13 heterocycles. The largest absolute Gasteiger partial charge is 0.491 e. The number of nitrogens with one attached hydrogen (secondary N) is 2. The Labute approximate surface area is 615 Å². The molecule has 11 aromatic rings. The lowest BCUT2D eigenvalue weighted by molar-refractivity contribution is 0.0963. The quantitative estimate of drug-likeness (QED) is 0.0803. The van der Waals surface area contributed by atoms with Gasteiger partial charge in [0.05, 0.1) is 85.2 Å². The van der Waals surface area contributed by atoms with Gasteiger partial charge in [-0.15, -0.1) is 0 Å². The third kappa shape index (κ3) is 18.1. The summed E-state index contributed by atoms with van der Waals surface area (Å²) in [7, 11) is 9.25. The summed E-state index contributed by atoms with van der Waals surface area (Å²) in [6.45, 7) is 28.5. The fraction of sp³-hybridized carbons (Fsp3) is 0.421. The Kier molecular flexibility index (Phi) is 24.8. The fourth-order valence-corrected chi connectivity index (χ4v) is 13.6. The highest BCUT2D eigenvalue weighted by Gasteiger charge is 2.24. The van der Waals surface area contributed by atoms with Crippen LogP contribution in [0.3, 0.4) is 0 Å². The molecule has 29 heteroatoms. The third-order valence-electron chi connectivity index (χ3n) is 18.9. The molecule has 3 aliphatic heterocycles. The van der Waals surface area contributed by atoms with Gasteiger partial charge in [-0.05, 0) is 181 Å². The first kappa shape index (κ1) is 76.5. The molecule has 0 atom stereocenters. The number of amides is 4. The number of fused-ring (bicyclic) bond motifs is 5. The smallest absolute Gasteiger partial charge is 0.326 e. The van der Waals surface area contributed by atoms with Crippen molar-refractivity contribution in [1.82, 2.24) is 93.8 Å². The van der Waals surface area contributed by atoms with E-state index in [1.165, 1.54) is 51.6 Å². The van der Waals surface area contributed by atoms with E-state index in [1.54, 1.807) is 60.8 Å². The first-order valence-corrected chi connectivity index (χ1v) is 35.7. The third-order valence-corrected chi connectivity index (χ3v) is 19.2. The molecule has 4 amide bonds. The molecule has 28 nitrogen and oxygen atoms in total.